The minimum atomic E-state index is 0.575. The summed E-state index contributed by atoms with van der Waals surface area (Å²) in [6.45, 7) is 9.14. The van der Waals surface area contributed by atoms with Crippen molar-refractivity contribution in [2.45, 2.75) is 59.8 Å². The van der Waals surface area contributed by atoms with Crippen molar-refractivity contribution in [2.24, 2.45) is 17.8 Å². The van der Waals surface area contributed by atoms with E-state index < -0.39 is 0 Å². The van der Waals surface area contributed by atoms with Gasteiger partial charge in [-0.25, -0.2) is 0 Å². The van der Waals surface area contributed by atoms with Crippen LogP contribution in [0.4, 0.5) is 0 Å². The molecular weight excluding hydrogens is 366 g/mol. The molecule has 0 aliphatic heterocycles. The van der Waals surface area contributed by atoms with Crippen LogP contribution in [-0.4, -0.2) is 15.0 Å². The fourth-order valence-corrected chi connectivity index (χ4v) is 4.22. The lowest BCUT2D eigenvalue weighted by molar-refractivity contribution is 0.565. The Bertz CT molecular complexity index is 905. The normalized spacial score (nSPS) is 13.4. The second kappa shape index (κ2) is 11.0. The number of hydrogen-bond acceptors (Lipinski definition) is 3. The van der Waals surface area contributed by atoms with E-state index in [2.05, 4.69) is 73.0 Å². The molecule has 158 valence electrons. The molecule has 0 fully saturated rings. The summed E-state index contributed by atoms with van der Waals surface area (Å²) < 4.78 is 0. The van der Waals surface area contributed by atoms with Gasteiger partial charge in [-0.2, -0.15) is 0 Å². The highest BCUT2D eigenvalue weighted by Gasteiger charge is 2.10. The van der Waals surface area contributed by atoms with Crippen molar-refractivity contribution >= 4 is 0 Å². The molecule has 30 heavy (non-hydrogen) atoms. The van der Waals surface area contributed by atoms with Gasteiger partial charge in [0.2, 0.25) is 0 Å². The van der Waals surface area contributed by atoms with E-state index in [0.29, 0.717) is 17.8 Å². The fraction of sp³-hybridized carbons (Fsp3) is 0.444. The molecule has 0 aromatic carbocycles. The van der Waals surface area contributed by atoms with Gasteiger partial charge in [0.1, 0.15) is 0 Å². The van der Waals surface area contributed by atoms with Gasteiger partial charge in [0, 0.05) is 36.7 Å². The highest BCUT2D eigenvalue weighted by atomic mass is 14.7. The molecule has 3 aromatic rings. The topological polar surface area (TPSA) is 38.7 Å². The monoisotopic (exact) mass is 401 g/mol. The molecule has 0 N–H and O–H groups in total. The zero-order valence-electron chi connectivity index (χ0n) is 18.9. The third-order valence-corrected chi connectivity index (χ3v) is 5.44. The summed E-state index contributed by atoms with van der Waals surface area (Å²) in [6, 6.07) is 11.0. The Morgan fingerprint density at radius 1 is 0.600 bits per heavy atom. The van der Waals surface area contributed by atoms with Crippen LogP contribution in [0.25, 0.3) is 0 Å². The van der Waals surface area contributed by atoms with Gasteiger partial charge >= 0.3 is 0 Å². The lowest BCUT2D eigenvalue weighted by Gasteiger charge is -2.15. The third-order valence-electron chi connectivity index (χ3n) is 5.44. The van der Waals surface area contributed by atoms with Crippen LogP contribution in [0.3, 0.4) is 0 Å². The minimum Gasteiger partial charge on any atom is -0.265 e. The van der Waals surface area contributed by atoms with Crippen LogP contribution in [0.5, 0.6) is 0 Å². The number of hydrogen-bond donors (Lipinski definition) is 0. The van der Waals surface area contributed by atoms with Crippen LogP contribution in [-0.2, 0) is 32.1 Å². The number of rotatable bonds is 10. The van der Waals surface area contributed by atoms with Gasteiger partial charge in [0.05, 0.1) is 0 Å². The molecule has 3 rings (SSSR count). The summed E-state index contributed by atoms with van der Waals surface area (Å²) >= 11 is 0. The molecule has 3 heteroatoms. The maximum Gasteiger partial charge on any atom is 0.0408 e. The Kier molecular flexibility index (Phi) is 8.12. The summed E-state index contributed by atoms with van der Waals surface area (Å²) in [5, 5.41) is 0. The van der Waals surface area contributed by atoms with Crippen LogP contribution in [0.2, 0.25) is 0 Å². The van der Waals surface area contributed by atoms with Gasteiger partial charge in [-0.3, -0.25) is 15.0 Å². The predicted molar refractivity (Wildman–Crippen MR) is 124 cm³/mol. The van der Waals surface area contributed by atoms with Crippen LogP contribution in [0.1, 0.15) is 55.6 Å². The van der Waals surface area contributed by atoms with Crippen molar-refractivity contribution in [2.75, 3.05) is 0 Å². The average molecular weight is 402 g/mol. The molecule has 0 radical (unpaired) electrons. The van der Waals surface area contributed by atoms with Crippen molar-refractivity contribution in [3.05, 3.63) is 89.3 Å². The summed E-state index contributed by atoms with van der Waals surface area (Å²) in [5.41, 5.74) is 6.63. The molecule has 0 aliphatic rings. The Hall–Kier alpha value is -2.55. The van der Waals surface area contributed by atoms with Crippen LogP contribution in [0, 0.1) is 17.8 Å². The summed E-state index contributed by atoms with van der Waals surface area (Å²) in [6.07, 6.45) is 15.1. The van der Waals surface area contributed by atoms with Crippen LogP contribution in [0.15, 0.2) is 61.3 Å². The molecule has 2 unspecified atom stereocenters. The zero-order valence-corrected chi connectivity index (χ0v) is 18.9. The van der Waals surface area contributed by atoms with Gasteiger partial charge in [-0.05, 0) is 96.4 Å². The van der Waals surface area contributed by atoms with Crippen molar-refractivity contribution < 1.29 is 0 Å². The molecule has 0 bridgehead atoms. The Morgan fingerprint density at radius 3 is 1.80 bits per heavy atom. The molecule has 3 aromatic heterocycles. The van der Waals surface area contributed by atoms with E-state index >= 15 is 0 Å². The Balaban J connectivity index is 1.55. The first-order valence-corrected chi connectivity index (χ1v) is 11.2. The number of pyridine rings is 3. The van der Waals surface area contributed by atoms with Crippen molar-refractivity contribution in [1.29, 1.82) is 0 Å². The van der Waals surface area contributed by atoms with Crippen molar-refractivity contribution in [3.8, 4) is 0 Å². The maximum absolute atomic E-state index is 4.53. The van der Waals surface area contributed by atoms with E-state index in [1.807, 2.05) is 31.0 Å². The quantitative estimate of drug-likeness (QED) is 0.424. The van der Waals surface area contributed by atoms with E-state index in [1.54, 1.807) is 0 Å². The zero-order chi connectivity index (χ0) is 21.3. The number of nitrogens with zero attached hydrogens (tertiary/aromatic N) is 3. The second-order valence-corrected chi connectivity index (χ2v) is 9.34. The molecule has 2 atom stereocenters. The first-order chi connectivity index (χ1) is 14.5. The lowest BCUT2D eigenvalue weighted by Crippen LogP contribution is -2.08. The van der Waals surface area contributed by atoms with Gasteiger partial charge in [0.15, 0.2) is 0 Å². The van der Waals surface area contributed by atoms with Gasteiger partial charge in [0.25, 0.3) is 0 Å². The highest BCUT2D eigenvalue weighted by Crippen LogP contribution is 2.18. The highest BCUT2D eigenvalue weighted by molar-refractivity contribution is 5.21. The lowest BCUT2D eigenvalue weighted by atomic mass is 9.92. The van der Waals surface area contributed by atoms with Gasteiger partial charge < -0.3 is 0 Å². The molecule has 3 heterocycles. The molecular formula is C27H35N3. The third kappa shape index (κ3) is 7.37. The average Bonchev–Trinajstić information content (AvgIpc) is 2.68. The molecule has 3 nitrogen and oxygen atoms in total. The maximum atomic E-state index is 4.53. The van der Waals surface area contributed by atoms with Crippen LogP contribution >= 0.6 is 0 Å². The molecule has 0 saturated carbocycles. The van der Waals surface area contributed by atoms with E-state index in [1.165, 1.54) is 27.9 Å². The molecule has 0 saturated heterocycles. The minimum absolute atomic E-state index is 0.575. The van der Waals surface area contributed by atoms with Gasteiger partial charge in [-0.15, -0.1) is 0 Å². The van der Waals surface area contributed by atoms with Crippen molar-refractivity contribution in [3.63, 3.8) is 0 Å². The standard InChI is InChI=1S/C27H35N3/c1-20(2)11-27-17-24(7-10-30-27)13-22(4)15-26-16-25(18-29-19-26)14-21(3)12-23-5-8-28-9-6-23/h5-10,16-22H,11-15H2,1-4H3. The fourth-order valence-electron chi connectivity index (χ4n) is 4.22. The van der Waals surface area contributed by atoms with E-state index in [-0.39, 0.29) is 0 Å². The first-order valence-electron chi connectivity index (χ1n) is 11.2. The smallest absolute Gasteiger partial charge is 0.0408 e. The Labute approximate surface area is 182 Å². The molecule has 0 aliphatic carbocycles. The SMILES string of the molecule is CC(C)Cc1cc(CC(C)Cc2cncc(CC(C)Cc3ccncc3)c2)ccn1. The van der Waals surface area contributed by atoms with Crippen LogP contribution < -0.4 is 0 Å². The predicted octanol–water partition coefficient (Wildman–Crippen LogP) is 5.91. The molecule has 0 spiro atoms. The Morgan fingerprint density at radius 2 is 1.17 bits per heavy atom. The summed E-state index contributed by atoms with van der Waals surface area (Å²) in [4.78, 5) is 13.2. The second-order valence-electron chi connectivity index (χ2n) is 9.34. The van der Waals surface area contributed by atoms with E-state index in [4.69, 9.17) is 0 Å². The van der Waals surface area contributed by atoms with E-state index in [0.717, 1.165) is 32.1 Å². The molecule has 0 amide bonds. The first kappa shape index (κ1) is 22.1. The largest absolute Gasteiger partial charge is 0.265 e. The summed E-state index contributed by atoms with van der Waals surface area (Å²) in [5.74, 6) is 1.79. The van der Waals surface area contributed by atoms with Crippen molar-refractivity contribution in [1.82, 2.24) is 15.0 Å². The summed E-state index contributed by atoms with van der Waals surface area (Å²) in [7, 11) is 0. The van der Waals surface area contributed by atoms with E-state index in [9.17, 15) is 0 Å². The van der Waals surface area contributed by atoms with Gasteiger partial charge in [-0.1, -0.05) is 33.8 Å². The number of aromatic nitrogens is 3.